The number of hydrogen-bond donors (Lipinski definition) is 1. The van der Waals surface area contributed by atoms with Gasteiger partial charge in [0.05, 0.1) is 4.92 Å². The molecule has 1 atom stereocenters. The number of nitrogens with zero attached hydrogens (tertiary/aromatic N) is 1. The van der Waals surface area contributed by atoms with E-state index in [0.29, 0.717) is 5.69 Å². The number of benzene rings is 2. The summed E-state index contributed by atoms with van der Waals surface area (Å²) in [5.74, 6) is -0.321. The lowest BCUT2D eigenvalue weighted by Crippen LogP contribution is -2.17. The third-order valence-corrected chi connectivity index (χ3v) is 4.00. The van der Waals surface area contributed by atoms with Crippen molar-refractivity contribution in [2.24, 2.45) is 0 Å². The van der Waals surface area contributed by atoms with E-state index in [1.165, 1.54) is 18.2 Å². The number of anilines is 1. The van der Waals surface area contributed by atoms with Crippen LogP contribution in [0.2, 0.25) is 5.02 Å². The highest BCUT2D eigenvalue weighted by atomic mass is 79.9. The van der Waals surface area contributed by atoms with Gasteiger partial charge in [-0.05, 0) is 17.7 Å². The quantitative estimate of drug-likeness (QED) is 0.495. The summed E-state index contributed by atoms with van der Waals surface area (Å²) in [6.07, 6.45) is 0. The maximum atomic E-state index is 12.1. The van der Waals surface area contributed by atoms with Crippen molar-refractivity contribution >= 4 is 44.8 Å². The minimum Gasteiger partial charge on any atom is -0.325 e. The van der Waals surface area contributed by atoms with E-state index in [1.54, 1.807) is 0 Å². The van der Waals surface area contributed by atoms with Gasteiger partial charge in [0.2, 0.25) is 5.91 Å². The Balaban J connectivity index is 2.16. The third-order valence-electron chi connectivity index (χ3n) is 2.73. The molecule has 0 fully saturated rings. The maximum absolute atomic E-state index is 12.1. The van der Waals surface area contributed by atoms with E-state index in [9.17, 15) is 14.9 Å². The SMILES string of the molecule is O=C(Nc1ccc(Cl)c([N+](=O)[O-])c1)[C@@H](Br)c1ccccc1. The second-order valence-corrected chi connectivity index (χ2v) is 5.51. The second kappa shape index (κ2) is 6.69. The van der Waals surface area contributed by atoms with Crippen molar-refractivity contribution in [1.82, 2.24) is 0 Å². The number of halogens is 2. The van der Waals surface area contributed by atoms with Gasteiger partial charge in [0.15, 0.2) is 0 Å². The fraction of sp³-hybridized carbons (Fsp3) is 0.0714. The maximum Gasteiger partial charge on any atom is 0.289 e. The summed E-state index contributed by atoms with van der Waals surface area (Å²) >= 11 is 9.02. The summed E-state index contributed by atoms with van der Waals surface area (Å²) in [4.78, 5) is 21.8. The number of carbonyl (C=O) groups is 1. The van der Waals surface area contributed by atoms with E-state index in [4.69, 9.17) is 11.6 Å². The Bertz CT molecular complexity index is 679. The van der Waals surface area contributed by atoms with Crippen LogP contribution in [0.1, 0.15) is 10.4 Å². The summed E-state index contributed by atoms with van der Waals surface area (Å²) < 4.78 is 0. The summed E-state index contributed by atoms with van der Waals surface area (Å²) in [7, 11) is 0. The normalized spacial score (nSPS) is 11.7. The van der Waals surface area contributed by atoms with Crippen LogP contribution in [0.5, 0.6) is 0 Å². The smallest absolute Gasteiger partial charge is 0.289 e. The molecule has 0 radical (unpaired) electrons. The minimum absolute atomic E-state index is 0.0245. The molecule has 0 heterocycles. The molecule has 7 heteroatoms. The zero-order valence-electron chi connectivity index (χ0n) is 10.6. The Kier molecular flexibility index (Phi) is 4.93. The zero-order valence-corrected chi connectivity index (χ0v) is 13.0. The summed E-state index contributed by atoms with van der Waals surface area (Å²) in [6.45, 7) is 0. The predicted molar refractivity (Wildman–Crippen MR) is 84.8 cm³/mol. The van der Waals surface area contributed by atoms with Crippen LogP contribution in [0.3, 0.4) is 0 Å². The van der Waals surface area contributed by atoms with E-state index in [-0.39, 0.29) is 16.6 Å². The van der Waals surface area contributed by atoms with Crippen LogP contribution in [0, 0.1) is 10.1 Å². The average molecular weight is 370 g/mol. The highest BCUT2D eigenvalue weighted by Gasteiger charge is 2.19. The number of hydrogen-bond acceptors (Lipinski definition) is 3. The summed E-state index contributed by atoms with van der Waals surface area (Å²) in [6, 6.07) is 13.2. The van der Waals surface area contributed by atoms with E-state index >= 15 is 0 Å². The molecule has 0 aliphatic rings. The molecule has 0 saturated carbocycles. The van der Waals surface area contributed by atoms with Crippen molar-refractivity contribution in [2.45, 2.75) is 4.83 Å². The molecule has 21 heavy (non-hydrogen) atoms. The monoisotopic (exact) mass is 368 g/mol. The van der Waals surface area contributed by atoms with Gasteiger partial charge in [-0.1, -0.05) is 57.9 Å². The molecule has 108 valence electrons. The molecule has 0 spiro atoms. The number of alkyl halides is 1. The van der Waals surface area contributed by atoms with Gasteiger partial charge in [-0.3, -0.25) is 14.9 Å². The number of rotatable bonds is 4. The average Bonchev–Trinajstić information content (AvgIpc) is 2.49. The Morgan fingerprint density at radius 3 is 2.52 bits per heavy atom. The first kappa shape index (κ1) is 15.5. The Morgan fingerprint density at radius 1 is 1.24 bits per heavy atom. The standard InChI is InChI=1S/C14H10BrClN2O3/c15-13(9-4-2-1-3-5-9)14(19)17-10-6-7-11(16)12(8-10)18(20)21/h1-8,13H,(H,17,19)/t13-/m0/s1. The lowest BCUT2D eigenvalue weighted by molar-refractivity contribution is -0.384. The van der Waals surface area contributed by atoms with Gasteiger partial charge in [0, 0.05) is 11.8 Å². The van der Waals surface area contributed by atoms with Crippen LogP contribution >= 0.6 is 27.5 Å². The van der Waals surface area contributed by atoms with Gasteiger partial charge in [0.1, 0.15) is 9.85 Å². The summed E-state index contributed by atoms with van der Waals surface area (Å²) in [5, 5.41) is 13.5. The molecule has 0 saturated heterocycles. The molecule has 1 N–H and O–H groups in total. The van der Waals surface area contributed by atoms with Crippen molar-refractivity contribution in [1.29, 1.82) is 0 Å². The number of carbonyl (C=O) groups excluding carboxylic acids is 1. The Morgan fingerprint density at radius 2 is 1.90 bits per heavy atom. The fourth-order valence-electron chi connectivity index (χ4n) is 1.71. The molecule has 0 bridgehead atoms. The molecule has 1 amide bonds. The molecular formula is C14H10BrClN2O3. The molecule has 2 aromatic carbocycles. The van der Waals surface area contributed by atoms with E-state index < -0.39 is 9.75 Å². The molecule has 0 aliphatic carbocycles. The van der Waals surface area contributed by atoms with Crippen LogP contribution in [-0.4, -0.2) is 10.8 Å². The minimum atomic E-state index is -0.596. The van der Waals surface area contributed by atoms with Crippen LogP contribution in [-0.2, 0) is 4.79 Å². The van der Waals surface area contributed by atoms with E-state index in [2.05, 4.69) is 21.2 Å². The molecule has 5 nitrogen and oxygen atoms in total. The lowest BCUT2D eigenvalue weighted by atomic mass is 10.1. The summed E-state index contributed by atoms with van der Waals surface area (Å²) in [5.41, 5.74) is 0.857. The highest BCUT2D eigenvalue weighted by molar-refractivity contribution is 9.09. The van der Waals surface area contributed by atoms with Crippen molar-refractivity contribution in [3.05, 3.63) is 69.2 Å². The van der Waals surface area contributed by atoms with Gasteiger partial charge < -0.3 is 5.32 Å². The predicted octanol–water partition coefficient (Wildman–Crippen LogP) is 4.32. The topological polar surface area (TPSA) is 72.2 Å². The third kappa shape index (κ3) is 3.80. The number of amides is 1. The van der Waals surface area contributed by atoms with Crippen LogP contribution < -0.4 is 5.32 Å². The van der Waals surface area contributed by atoms with Gasteiger partial charge >= 0.3 is 0 Å². The highest BCUT2D eigenvalue weighted by Crippen LogP contribution is 2.29. The van der Waals surface area contributed by atoms with Crippen LogP contribution in [0.15, 0.2) is 48.5 Å². The molecule has 2 aromatic rings. The Labute approximate surface area is 134 Å². The first-order valence-electron chi connectivity index (χ1n) is 5.93. The number of nitro benzene ring substituents is 1. The Hall–Kier alpha value is -1.92. The number of nitrogens with one attached hydrogen (secondary N) is 1. The van der Waals surface area contributed by atoms with Gasteiger partial charge in [0.25, 0.3) is 5.69 Å². The van der Waals surface area contributed by atoms with Crippen molar-refractivity contribution in [3.8, 4) is 0 Å². The fourth-order valence-corrected chi connectivity index (χ4v) is 2.32. The molecule has 2 rings (SSSR count). The lowest BCUT2D eigenvalue weighted by Gasteiger charge is -2.11. The van der Waals surface area contributed by atoms with Crippen molar-refractivity contribution in [3.63, 3.8) is 0 Å². The van der Waals surface area contributed by atoms with Crippen LogP contribution in [0.4, 0.5) is 11.4 Å². The van der Waals surface area contributed by atoms with E-state index in [1.807, 2.05) is 30.3 Å². The van der Waals surface area contributed by atoms with Gasteiger partial charge in [-0.25, -0.2) is 0 Å². The van der Waals surface area contributed by atoms with Crippen LogP contribution in [0.25, 0.3) is 0 Å². The van der Waals surface area contributed by atoms with Gasteiger partial charge in [-0.2, -0.15) is 0 Å². The number of nitro groups is 1. The molecule has 0 aromatic heterocycles. The van der Waals surface area contributed by atoms with Crippen molar-refractivity contribution < 1.29 is 9.72 Å². The van der Waals surface area contributed by atoms with E-state index in [0.717, 1.165) is 5.56 Å². The second-order valence-electron chi connectivity index (χ2n) is 4.19. The first-order chi connectivity index (χ1) is 9.99. The molecular weight excluding hydrogens is 360 g/mol. The molecule has 0 unspecified atom stereocenters. The largest absolute Gasteiger partial charge is 0.325 e. The first-order valence-corrected chi connectivity index (χ1v) is 7.22. The van der Waals surface area contributed by atoms with Gasteiger partial charge in [-0.15, -0.1) is 0 Å². The van der Waals surface area contributed by atoms with Crippen molar-refractivity contribution in [2.75, 3.05) is 5.32 Å². The zero-order chi connectivity index (χ0) is 15.4. The molecule has 0 aliphatic heterocycles.